The summed E-state index contributed by atoms with van der Waals surface area (Å²) in [4.78, 5) is 16.4. The number of para-hydroxylation sites is 1. The van der Waals surface area contributed by atoms with Gasteiger partial charge in [0.25, 0.3) is 0 Å². The van der Waals surface area contributed by atoms with Gasteiger partial charge in [-0.2, -0.15) is 0 Å². The predicted octanol–water partition coefficient (Wildman–Crippen LogP) is 4.61. The van der Waals surface area contributed by atoms with Crippen molar-refractivity contribution >= 4 is 35.0 Å². The first-order valence-corrected chi connectivity index (χ1v) is 8.86. The first-order valence-electron chi connectivity index (χ1n) is 7.49. The monoisotopic (exact) mass is 375 g/mol. The zero-order valence-electron chi connectivity index (χ0n) is 13.4. The maximum absolute atomic E-state index is 13.0. The fraction of sp³-hybridized carbons (Fsp3) is 0.111. The van der Waals surface area contributed by atoms with E-state index in [4.69, 9.17) is 11.6 Å². The summed E-state index contributed by atoms with van der Waals surface area (Å²) in [5, 5.41) is 3.97. The number of nitrogens with one attached hydrogen (secondary N) is 1. The van der Waals surface area contributed by atoms with Gasteiger partial charge in [0.05, 0.1) is 28.4 Å². The number of halogens is 2. The molecule has 1 aromatic heterocycles. The fourth-order valence-electron chi connectivity index (χ4n) is 2.29. The molecule has 0 fully saturated rings. The number of hydrogen-bond acceptors (Lipinski definition) is 3. The summed E-state index contributed by atoms with van der Waals surface area (Å²) in [6, 6.07) is 13.3. The summed E-state index contributed by atoms with van der Waals surface area (Å²) in [6.45, 7) is 0. The van der Waals surface area contributed by atoms with Crippen LogP contribution in [0.15, 0.2) is 59.9 Å². The standard InChI is InChI=1S/C18H15ClFN3OS/c1-23-16(12-6-8-13(20)9-7-12)10-21-18(23)25-11-17(24)22-15-5-3-2-4-14(15)19/h2-10H,11H2,1H3,(H,22,24). The van der Waals surface area contributed by atoms with Gasteiger partial charge < -0.3 is 9.88 Å². The van der Waals surface area contributed by atoms with Crippen LogP contribution in [-0.2, 0) is 11.8 Å². The number of aromatic nitrogens is 2. The van der Waals surface area contributed by atoms with Crippen molar-refractivity contribution in [1.29, 1.82) is 0 Å². The molecular formula is C18H15ClFN3OS. The van der Waals surface area contributed by atoms with Crippen LogP contribution in [0.4, 0.5) is 10.1 Å². The highest BCUT2D eigenvalue weighted by atomic mass is 35.5. The molecule has 0 radical (unpaired) electrons. The van der Waals surface area contributed by atoms with Crippen LogP contribution in [0.5, 0.6) is 0 Å². The van der Waals surface area contributed by atoms with Crippen molar-refractivity contribution in [3.8, 4) is 11.3 Å². The quantitative estimate of drug-likeness (QED) is 0.662. The molecule has 2 aromatic carbocycles. The first-order chi connectivity index (χ1) is 12.0. The Bertz CT molecular complexity index is 896. The van der Waals surface area contributed by atoms with Gasteiger partial charge in [-0.15, -0.1) is 0 Å². The average Bonchev–Trinajstić information content (AvgIpc) is 2.97. The third-order valence-corrected chi connectivity index (χ3v) is 4.94. The second-order valence-corrected chi connectivity index (χ2v) is 6.66. The molecule has 0 aliphatic rings. The van der Waals surface area contributed by atoms with Crippen molar-refractivity contribution in [2.24, 2.45) is 7.05 Å². The number of carbonyl (C=O) groups excluding carboxylic acids is 1. The highest BCUT2D eigenvalue weighted by Gasteiger charge is 2.12. The topological polar surface area (TPSA) is 46.9 Å². The third-order valence-electron chi connectivity index (χ3n) is 3.57. The Kier molecular flexibility index (Phi) is 5.40. The number of anilines is 1. The van der Waals surface area contributed by atoms with E-state index in [1.807, 2.05) is 17.7 Å². The number of carbonyl (C=O) groups is 1. The van der Waals surface area contributed by atoms with Crippen molar-refractivity contribution in [1.82, 2.24) is 9.55 Å². The first kappa shape index (κ1) is 17.5. The second kappa shape index (κ2) is 7.72. The van der Waals surface area contributed by atoms with Gasteiger partial charge in [0.15, 0.2) is 5.16 Å². The summed E-state index contributed by atoms with van der Waals surface area (Å²) in [5.41, 5.74) is 2.30. The molecule has 0 aliphatic carbocycles. The zero-order chi connectivity index (χ0) is 17.8. The number of imidazole rings is 1. The van der Waals surface area contributed by atoms with Gasteiger partial charge in [0, 0.05) is 7.05 Å². The van der Waals surface area contributed by atoms with Crippen LogP contribution in [0.1, 0.15) is 0 Å². The van der Waals surface area contributed by atoms with E-state index < -0.39 is 0 Å². The van der Waals surface area contributed by atoms with Crippen LogP contribution in [-0.4, -0.2) is 21.2 Å². The van der Waals surface area contributed by atoms with E-state index >= 15 is 0 Å². The van der Waals surface area contributed by atoms with Gasteiger partial charge in [-0.05, 0) is 42.0 Å². The molecule has 128 valence electrons. The Balaban J connectivity index is 1.65. The van der Waals surface area contributed by atoms with Crippen molar-refractivity contribution < 1.29 is 9.18 Å². The molecule has 4 nitrogen and oxygen atoms in total. The maximum atomic E-state index is 13.0. The Labute approximate surface area is 154 Å². The lowest BCUT2D eigenvalue weighted by atomic mass is 10.2. The highest BCUT2D eigenvalue weighted by Crippen LogP contribution is 2.26. The zero-order valence-corrected chi connectivity index (χ0v) is 14.9. The second-order valence-electron chi connectivity index (χ2n) is 5.31. The predicted molar refractivity (Wildman–Crippen MR) is 99.4 cm³/mol. The number of nitrogens with zero attached hydrogens (tertiary/aromatic N) is 2. The SMILES string of the molecule is Cn1c(-c2ccc(F)cc2)cnc1SCC(=O)Nc1ccccc1Cl. The molecule has 3 rings (SSSR count). The number of thioether (sulfide) groups is 1. The van der Waals surface area contributed by atoms with E-state index in [0.29, 0.717) is 15.9 Å². The van der Waals surface area contributed by atoms with Crippen molar-refractivity contribution in [2.45, 2.75) is 5.16 Å². The van der Waals surface area contributed by atoms with Gasteiger partial charge in [-0.25, -0.2) is 9.37 Å². The Hall–Kier alpha value is -2.31. The number of amides is 1. The molecule has 1 heterocycles. The van der Waals surface area contributed by atoms with Crippen molar-refractivity contribution in [2.75, 3.05) is 11.1 Å². The van der Waals surface area contributed by atoms with Gasteiger partial charge in [0.2, 0.25) is 5.91 Å². The van der Waals surface area contributed by atoms with Gasteiger partial charge in [-0.3, -0.25) is 4.79 Å². The molecule has 25 heavy (non-hydrogen) atoms. The largest absolute Gasteiger partial charge is 0.324 e. The van der Waals surface area contributed by atoms with Crippen molar-refractivity contribution in [3.63, 3.8) is 0 Å². The van der Waals surface area contributed by atoms with Crippen LogP contribution in [0.2, 0.25) is 5.02 Å². The van der Waals surface area contributed by atoms with Crippen LogP contribution in [0, 0.1) is 5.82 Å². The molecule has 1 N–H and O–H groups in total. The molecule has 0 saturated heterocycles. The van der Waals surface area contributed by atoms with Gasteiger partial charge in [0.1, 0.15) is 5.82 Å². The molecule has 0 bridgehead atoms. The van der Waals surface area contributed by atoms with Gasteiger partial charge >= 0.3 is 0 Å². The molecule has 1 amide bonds. The number of rotatable bonds is 5. The summed E-state index contributed by atoms with van der Waals surface area (Å²) in [5.74, 6) is -0.236. The summed E-state index contributed by atoms with van der Waals surface area (Å²) in [6.07, 6.45) is 1.71. The van der Waals surface area contributed by atoms with E-state index in [-0.39, 0.29) is 17.5 Å². The molecule has 3 aromatic rings. The van der Waals surface area contributed by atoms with Crippen LogP contribution >= 0.6 is 23.4 Å². The summed E-state index contributed by atoms with van der Waals surface area (Å²) >= 11 is 7.35. The van der Waals surface area contributed by atoms with Gasteiger partial charge in [-0.1, -0.05) is 35.5 Å². The molecule has 0 unspecified atom stereocenters. The third kappa shape index (κ3) is 4.21. The average molecular weight is 376 g/mol. The molecule has 0 atom stereocenters. The summed E-state index contributed by atoms with van der Waals surface area (Å²) in [7, 11) is 1.86. The number of benzene rings is 2. The van der Waals surface area contributed by atoms with E-state index in [0.717, 1.165) is 11.3 Å². The van der Waals surface area contributed by atoms with E-state index in [9.17, 15) is 9.18 Å². The summed E-state index contributed by atoms with van der Waals surface area (Å²) < 4.78 is 14.9. The van der Waals surface area contributed by atoms with E-state index in [1.165, 1.54) is 23.9 Å². The smallest absolute Gasteiger partial charge is 0.234 e. The van der Waals surface area contributed by atoms with Crippen molar-refractivity contribution in [3.05, 3.63) is 65.6 Å². The lowest BCUT2D eigenvalue weighted by Gasteiger charge is -2.08. The number of hydrogen-bond donors (Lipinski definition) is 1. The minimum atomic E-state index is -0.281. The van der Waals surface area contributed by atoms with E-state index in [1.54, 1.807) is 36.5 Å². The minimum Gasteiger partial charge on any atom is -0.324 e. The molecular weight excluding hydrogens is 361 g/mol. The van der Waals surface area contributed by atoms with Crippen LogP contribution in [0.25, 0.3) is 11.3 Å². The Morgan fingerprint density at radius 2 is 1.96 bits per heavy atom. The minimum absolute atomic E-state index is 0.163. The molecule has 0 saturated carbocycles. The molecule has 0 spiro atoms. The normalized spacial score (nSPS) is 10.7. The maximum Gasteiger partial charge on any atom is 0.234 e. The molecule has 7 heteroatoms. The Morgan fingerprint density at radius 3 is 2.68 bits per heavy atom. The highest BCUT2D eigenvalue weighted by molar-refractivity contribution is 7.99. The fourth-order valence-corrected chi connectivity index (χ4v) is 3.23. The van der Waals surface area contributed by atoms with Crippen LogP contribution in [0.3, 0.4) is 0 Å². The van der Waals surface area contributed by atoms with E-state index in [2.05, 4.69) is 10.3 Å². The molecule has 0 aliphatic heterocycles. The van der Waals surface area contributed by atoms with Crippen LogP contribution < -0.4 is 5.32 Å². The lowest BCUT2D eigenvalue weighted by Crippen LogP contribution is -2.14. The lowest BCUT2D eigenvalue weighted by molar-refractivity contribution is -0.113. The Morgan fingerprint density at radius 1 is 1.24 bits per heavy atom.